The third-order valence-corrected chi connectivity index (χ3v) is 1.90. The van der Waals surface area contributed by atoms with Crippen molar-refractivity contribution in [2.75, 3.05) is 13.2 Å². The summed E-state index contributed by atoms with van der Waals surface area (Å²) in [5, 5.41) is 11.0. The van der Waals surface area contributed by atoms with Crippen LogP contribution in [0.5, 0.6) is 0 Å². The van der Waals surface area contributed by atoms with Gasteiger partial charge in [0.05, 0.1) is 0 Å². The molecule has 5 heteroatoms. The lowest BCUT2D eigenvalue weighted by Crippen LogP contribution is -2.39. The molecule has 1 aliphatic heterocycles. The van der Waals surface area contributed by atoms with Crippen LogP contribution < -0.4 is 5.32 Å². The van der Waals surface area contributed by atoms with E-state index in [4.69, 9.17) is 9.84 Å². The number of carboxylic acid groups (broad SMARTS) is 1. The van der Waals surface area contributed by atoms with E-state index in [0.29, 0.717) is 13.2 Å². The maximum absolute atomic E-state index is 11.0. The van der Waals surface area contributed by atoms with Crippen LogP contribution in [-0.2, 0) is 14.3 Å². The molecule has 0 aromatic heterocycles. The van der Waals surface area contributed by atoms with Crippen LogP contribution in [0.1, 0.15) is 19.3 Å². The Labute approximate surface area is 76.1 Å². The second kappa shape index (κ2) is 4.81. The van der Waals surface area contributed by atoms with Crippen LogP contribution in [0.25, 0.3) is 0 Å². The molecule has 1 saturated heterocycles. The summed E-state index contributed by atoms with van der Waals surface area (Å²) in [6.07, 6.45) is 1.09. The normalized spacial score (nSPS) is 18.2. The van der Waals surface area contributed by atoms with E-state index in [2.05, 4.69) is 5.32 Å². The van der Waals surface area contributed by atoms with Crippen LogP contribution in [0.4, 0.5) is 0 Å². The number of rotatable bonds is 3. The lowest BCUT2D eigenvalue weighted by atomic mass is 10.1. The van der Waals surface area contributed by atoms with Gasteiger partial charge in [0.15, 0.2) is 0 Å². The average molecular weight is 187 g/mol. The van der Waals surface area contributed by atoms with Crippen molar-refractivity contribution in [3.63, 3.8) is 0 Å². The van der Waals surface area contributed by atoms with E-state index in [0.717, 1.165) is 12.8 Å². The summed E-state index contributed by atoms with van der Waals surface area (Å²) in [7, 11) is 0. The number of carbonyl (C=O) groups excluding carboxylic acids is 1. The molecule has 1 amide bonds. The van der Waals surface area contributed by atoms with E-state index in [1.807, 2.05) is 0 Å². The maximum Gasteiger partial charge on any atom is 0.312 e. The average Bonchev–Trinajstić information content (AvgIpc) is 2.04. The second-order valence-corrected chi connectivity index (χ2v) is 3.02. The summed E-state index contributed by atoms with van der Waals surface area (Å²) in [5.41, 5.74) is 0. The van der Waals surface area contributed by atoms with Crippen molar-refractivity contribution in [2.24, 2.45) is 0 Å². The molecule has 0 atom stereocenters. The molecule has 13 heavy (non-hydrogen) atoms. The van der Waals surface area contributed by atoms with Gasteiger partial charge in [-0.15, -0.1) is 0 Å². The first-order valence-corrected chi connectivity index (χ1v) is 4.27. The summed E-state index contributed by atoms with van der Waals surface area (Å²) in [4.78, 5) is 21.2. The van der Waals surface area contributed by atoms with Gasteiger partial charge in [-0.3, -0.25) is 9.59 Å². The van der Waals surface area contributed by atoms with Gasteiger partial charge < -0.3 is 15.2 Å². The first kappa shape index (κ1) is 9.98. The fourth-order valence-electron chi connectivity index (χ4n) is 1.26. The summed E-state index contributed by atoms with van der Waals surface area (Å²) >= 11 is 0. The van der Waals surface area contributed by atoms with E-state index in [1.54, 1.807) is 0 Å². The molecular formula is C8H13NO4. The Morgan fingerprint density at radius 3 is 2.54 bits per heavy atom. The predicted octanol–water partition coefficient (Wildman–Crippen LogP) is -0.244. The number of nitrogens with one attached hydrogen (secondary N) is 1. The second-order valence-electron chi connectivity index (χ2n) is 3.02. The highest BCUT2D eigenvalue weighted by Gasteiger charge is 2.17. The number of carbonyl (C=O) groups is 2. The molecule has 0 saturated carbocycles. The summed E-state index contributed by atoms with van der Waals surface area (Å²) < 4.78 is 5.09. The Morgan fingerprint density at radius 1 is 1.38 bits per heavy atom. The zero-order chi connectivity index (χ0) is 9.68. The smallest absolute Gasteiger partial charge is 0.312 e. The first-order valence-electron chi connectivity index (χ1n) is 4.27. The molecule has 5 nitrogen and oxygen atoms in total. The zero-order valence-corrected chi connectivity index (χ0v) is 7.28. The van der Waals surface area contributed by atoms with Gasteiger partial charge in [-0.2, -0.15) is 0 Å². The van der Waals surface area contributed by atoms with Gasteiger partial charge in [0.2, 0.25) is 5.91 Å². The molecule has 1 rings (SSSR count). The molecule has 1 heterocycles. The van der Waals surface area contributed by atoms with Gasteiger partial charge >= 0.3 is 5.97 Å². The van der Waals surface area contributed by atoms with E-state index in [-0.39, 0.29) is 6.04 Å². The molecule has 0 aliphatic carbocycles. The standard InChI is InChI=1S/C8H13NO4/c10-7(5-8(11)12)9-6-1-3-13-4-2-6/h6H,1-5H2,(H,9,10)(H,11,12). The highest BCUT2D eigenvalue weighted by atomic mass is 16.5. The number of hydrogen-bond donors (Lipinski definition) is 2. The largest absolute Gasteiger partial charge is 0.481 e. The van der Waals surface area contributed by atoms with Crippen LogP contribution in [-0.4, -0.2) is 36.2 Å². The third-order valence-electron chi connectivity index (χ3n) is 1.90. The van der Waals surface area contributed by atoms with E-state index >= 15 is 0 Å². The molecule has 0 aromatic rings. The molecule has 0 aromatic carbocycles. The van der Waals surface area contributed by atoms with Crippen molar-refractivity contribution >= 4 is 11.9 Å². The van der Waals surface area contributed by atoms with Gasteiger partial charge in [-0.1, -0.05) is 0 Å². The summed E-state index contributed by atoms with van der Waals surface area (Å²) in [6, 6.07) is 0.0839. The Kier molecular flexibility index (Phi) is 3.70. The summed E-state index contributed by atoms with van der Waals surface area (Å²) in [5.74, 6) is -1.51. The van der Waals surface area contributed by atoms with E-state index in [1.165, 1.54) is 0 Å². The fraction of sp³-hybridized carbons (Fsp3) is 0.750. The quantitative estimate of drug-likeness (QED) is 0.598. The van der Waals surface area contributed by atoms with E-state index in [9.17, 15) is 9.59 Å². The van der Waals surface area contributed by atoms with Crippen molar-refractivity contribution in [3.8, 4) is 0 Å². The Balaban J connectivity index is 2.22. The highest BCUT2D eigenvalue weighted by molar-refractivity contribution is 5.93. The van der Waals surface area contributed by atoms with Crippen LogP contribution in [0.15, 0.2) is 0 Å². The lowest BCUT2D eigenvalue weighted by molar-refractivity contribution is -0.141. The van der Waals surface area contributed by atoms with Gasteiger partial charge in [-0.25, -0.2) is 0 Å². The topological polar surface area (TPSA) is 75.6 Å². The molecule has 1 aliphatic rings. The molecule has 1 fully saturated rings. The number of aliphatic carboxylic acids is 1. The monoisotopic (exact) mass is 187 g/mol. The van der Waals surface area contributed by atoms with Gasteiger partial charge in [-0.05, 0) is 12.8 Å². The van der Waals surface area contributed by atoms with Crippen LogP contribution >= 0.6 is 0 Å². The molecule has 0 bridgehead atoms. The van der Waals surface area contributed by atoms with Gasteiger partial charge in [0, 0.05) is 19.3 Å². The SMILES string of the molecule is O=C(O)CC(=O)NC1CCOCC1. The first-order chi connectivity index (χ1) is 6.18. The fourth-order valence-corrected chi connectivity index (χ4v) is 1.26. The molecular weight excluding hydrogens is 174 g/mol. The minimum Gasteiger partial charge on any atom is -0.481 e. The van der Waals surface area contributed by atoms with Crippen LogP contribution in [0, 0.1) is 0 Å². The van der Waals surface area contributed by atoms with E-state index < -0.39 is 18.3 Å². The van der Waals surface area contributed by atoms with Crippen molar-refractivity contribution in [2.45, 2.75) is 25.3 Å². The Hall–Kier alpha value is -1.10. The van der Waals surface area contributed by atoms with Gasteiger partial charge in [0.1, 0.15) is 6.42 Å². The number of carboxylic acids is 1. The number of amides is 1. The zero-order valence-electron chi connectivity index (χ0n) is 7.28. The van der Waals surface area contributed by atoms with Gasteiger partial charge in [0.25, 0.3) is 0 Å². The summed E-state index contributed by atoms with van der Waals surface area (Å²) in [6.45, 7) is 1.27. The van der Waals surface area contributed by atoms with Crippen LogP contribution in [0.2, 0.25) is 0 Å². The minimum atomic E-state index is -1.09. The lowest BCUT2D eigenvalue weighted by Gasteiger charge is -2.22. The van der Waals surface area contributed by atoms with Crippen molar-refractivity contribution in [1.82, 2.24) is 5.32 Å². The Bertz CT molecular complexity index is 198. The highest BCUT2D eigenvalue weighted by Crippen LogP contribution is 2.05. The maximum atomic E-state index is 11.0. The number of ether oxygens (including phenoxy) is 1. The predicted molar refractivity (Wildman–Crippen MR) is 44.2 cm³/mol. The van der Waals surface area contributed by atoms with Crippen molar-refractivity contribution in [1.29, 1.82) is 0 Å². The molecule has 0 spiro atoms. The van der Waals surface area contributed by atoms with Crippen LogP contribution in [0.3, 0.4) is 0 Å². The Morgan fingerprint density at radius 2 is 2.00 bits per heavy atom. The minimum absolute atomic E-state index is 0.0839. The molecule has 2 N–H and O–H groups in total. The molecule has 0 unspecified atom stereocenters. The van der Waals surface area contributed by atoms with Crippen molar-refractivity contribution in [3.05, 3.63) is 0 Å². The van der Waals surface area contributed by atoms with Crippen molar-refractivity contribution < 1.29 is 19.4 Å². The number of hydrogen-bond acceptors (Lipinski definition) is 3. The molecule has 0 radical (unpaired) electrons. The molecule has 74 valence electrons. The third kappa shape index (κ3) is 3.89.